The molecule has 1 aromatic rings. The van der Waals surface area contributed by atoms with E-state index < -0.39 is 11.5 Å². The number of rotatable bonds is 8. The van der Waals surface area contributed by atoms with Gasteiger partial charge >= 0.3 is 5.97 Å². The van der Waals surface area contributed by atoms with E-state index in [0.717, 1.165) is 12.0 Å². The molecule has 2 N–H and O–H groups in total. The maximum Gasteiger partial charge on any atom is 0.303 e. The highest BCUT2D eigenvalue weighted by molar-refractivity contribution is 5.77. The topological polar surface area (TPSA) is 66.4 Å². The lowest BCUT2D eigenvalue weighted by Crippen LogP contribution is -2.44. The molecule has 0 spiro atoms. The second kappa shape index (κ2) is 7.97. The molecule has 122 valence electrons. The number of carbonyl (C=O) groups is 2. The third-order valence-corrected chi connectivity index (χ3v) is 3.89. The molecule has 1 rings (SSSR count). The van der Waals surface area contributed by atoms with Crippen molar-refractivity contribution < 1.29 is 14.7 Å². The van der Waals surface area contributed by atoms with E-state index in [4.69, 9.17) is 5.11 Å². The van der Waals surface area contributed by atoms with Crippen molar-refractivity contribution in [3.63, 3.8) is 0 Å². The van der Waals surface area contributed by atoms with Crippen LogP contribution in [0.15, 0.2) is 24.3 Å². The molecule has 1 unspecified atom stereocenters. The van der Waals surface area contributed by atoms with Crippen LogP contribution in [-0.4, -0.2) is 22.5 Å². The molecule has 0 aliphatic rings. The Bertz CT molecular complexity index is 506. The van der Waals surface area contributed by atoms with Gasteiger partial charge in [-0.1, -0.05) is 38.1 Å². The molecule has 1 atom stereocenters. The molecular weight excluding hydrogens is 278 g/mol. The summed E-state index contributed by atoms with van der Waals surface area (Å²) in [4.78, 5) is 22.8. The van der Waals surface area contributed by atoms with Gasteiger partial charge < -0.3 is 10.4 Å². The molecule has 1 aromatic carbocycles. The largest absolute Gasteiger partial charge is 0.481 e. The first kappa shape index (κ1) is 18.2. The Hall–Kier alpha value is -1.84. The highest BCUT2D eigenvalue weighted by Crippen LogP contribution is 2.21. The molecule has 4 heteroatoms. The van der Waals surface area contributed by atoms with Crippen molar-refractivity contribution in [3.8, 4) is 0 Å². The number of amides is 1. The van der Waals surface area contributed by atoms with Crippen molar-refractivity contribution in [2.75, 3.05) is 0 Å². The fraction of sp³-hybridized carbons (Fsp3) is 0.556. The minimum Gasteiger partial charge on any atom is -0.481 e. The molecule has 0 aromatic heterocycles. The lowest BCUT2D eigenvalue weighted by atomic mass is 9.94. The molecule has 0 fully saturated rings. The number of carbonyl (C=O) groups excluding carboxylic acids is 1. The van der Waals surface area contributed by atoms with Crippen LogP contribution in [0.3, 0.4) is 0 Å². The van der Waals surface area contributed by atoms with E-state index in [0.29, 0.717) is 12.8 Å². The minimum absolute atomic E-state index is 0.0394. The van der Waals surface area contributed by atoms with Crippen LogP contribution in [0.5, 0.6) is 0 Å². The summed E-state index contributed by atoms with van der Waals surface area (Å²) in [7, 11) is 0. The van der Waals surface area contributed by atoms with Gasteiger partial charge in [-0.05, 0) is 43.7 Å². The van der Waals surface area contributed by atoms with Crippen LogP contribution >= 0.6 is 0 Å². The van der Waals surface area contributed by atoms with E-state index in [1.54, 1.807) is 0 Å². The Kier molecular flexibility index (Phi) is 6.60. The summed E-state index contributed by atoms with van der Waals surface area (Å²) in [6.07, 6.45) is 1.89. The first-order valence-corrected chi connectivity index (χ1v) is 7.85. The average Bonchev–Trinajstić information content (AvgIpc) is 2.44. The Morgan fingerprint density at radius 3 is 2.32 bits per heavy atom. The monoisotopic (exact) mass is 305 g/mol. The lowest BCUT2D eigenvalue weighted by molar-refractivity contribution is -0.137. The minimum atomic E-state index is -0.841. The van der Waals surface area contributed by atoms with E-state index in [2.05, 4.69) is 36.5 Å². The van der Waals surface area contributed by atoms with Gasteiger partial charge in [0.05, 0.1) is 0 Å². The van der Waals surface area contributed by atoms with E-state index in [1.807, 2.05) is 20.8 Å². The normalized spacial score (nSPS) is 12.7. The standard InChI is InChI=1S/C18H27NO3/c1-5-14-6-8-15(9-7-14)13(2)12-16(20)19-18(3,4)11-10-17(21)22/h6-9,13H,5,10-12H2,1-4H3,(H,19,20)(H,21,22). The van der Waals surface area contributed by atoms with Crippen LogP contribution in [0.2, 0.25) is 0 Å². The number of hydrogen-bond acceptors (Lipinski definition) is 2. The van der Waals surface area contributed by atoms with Crippen LogP contribution < -0.4 is 5.32 Å². The number of benzene rings is 1. The summed E-state index contributed by atoms with van der Waals surface area (Å²) in [6, 6.07) is 8.35. The third-order valence-electron chi connectivity index (χ3n) is 3.89. The summed E-state index contributed by atoms with van der Waals surface area (Å²) in [5, 5.41) is 11.7. The fourth-order valence-corrected chi connectivity index (χ4v) is 2.39. The first-order valence-electron chi connectivity index (χ1n) is 7.85. The molecule has 0 saturated heterocycles. The second-order valence-electron chi connectivity index (χ2n) is 6.53. The average molecular weight is 305 g/mol. The molecule has 0 heterocycles. The van der Waals surface area contributed by atoms with Crippen molar-refractivity contribution in [2.45, 2.75) is 64.8 Å². The SMILES string of the molecule is CCc1ccc(C(C)CC(=O)NC(C)(C)CCC(=O)O)cc1. The van der Waals surface area contributed by atoms with Crippen LogP contribution in [0, 0.1) is 0 Å². The zero-order chi connectivity index (χ0) is 16.8. The molecule has 0 saturated carbocycles. The molecule has 0 radical (unpaired) electrons. The van der Waals surface area contributed by atoms with E-state index in [9.17, 15) is 9.59 Å². The summed E-state index contributed by atoms with van der Waals surface area (Å²) in [5.41, 5.74) is 1.94. The maximum absolute atomic E-state index is 12.2. The van der Waals surface area contributed by atoms with Gasteiger partial charge in [-0.15, -0.1) is 0 Å². The van der Waals surface area contributed by atoms with Gasteiger partial charge in [0, 0.05) is 18.4 Å². The summed E-state index contributed by atoms with van der Waals surface area (Å²) < 4.78 is 0. The molecule has 0 aliphatic heterocycles. The van der Waals surface area contributed by atoms with Crippen LogP contribution in [-0.2, 0) is 16.0 Å². The first-order chi connectivity index (χ1) is 10.2. The fourth-order valence-electron chi connectivity index (χ4n) is 2.39. The number of hydrogen-bond donors (Lipinski definition) is 2. The molecular formula is C18H27NO3. The van der Waals surface area contributed by atoms with Gasteiger partial charge in [0.25, 0.3) is 0 Å². The van der Waals surface area contributed by atoms with Gasteiger partial charge in [0.2, 0.25) is 5.91 Å². The van der Waals surface area contributed by atoms with Gasteiger partial charge in [-0.25, -0.2) is 0 Å². The summed E-state index contributed by atoms with van der Waals surface area (Å²) in [5.74, 6) is -0.740. The quantitative estimate of drug-likeness (QED) is 0.772. The van der Waals surface area contributed by atoms with Gasteiger partial charge in [0.15, 0.2) is 0 Å². The Morgan fingerprint density at radius 1 is 1.23 bits per heavy atom. The Morgan fingerprint density at radius 2 is 1.82 bits per heavy atom. The predicted molar refractivity (Wildman–Crippen MR) is 87.9 cm³/mol. The van der Waals surface area contributed by atoms with Crippen molar-refractivity contribution in [3.05, 3.63) is 35.4 Å². The molecule has 22 heavy (non-hydrogen) atoms. The molecule has 1 amide bonds. The third kappa shape index (κ3) is 6.29. The van der Waals surface area contributed by atoms with Gasteiger partial charge in [-0.3, -0.25) is 9.59 Å². The summed E-state index contributed by atoms with van der Waals surface area (Å²) >= 11 is 0. The molecule has 4 nitrogen and oxygen atoms in total. The van der Waals surface area contributed by atoms with Crippen molar-refractivity contribution in [1.82, 2.24) is 5.32 Å². The molecule has 0 bridgehead atoms. The van der Waals surface area contributed by atoms with Crippen LogP contribution in [0.1, 0.15) is 64.0 Å². The van der Waals surface area contributed by atoms with E-state index >= 15 is 0 Å². The van der Waals surface area contributed by atoms with Crippen molar-refractivity contribution in [2.24, 2.45) is 0 Å². The zero-order valence-electron chi connectivity index (χ0n) is 14.0. The number of carboxylic acid groups (broad SMARTS) is 1. The number of aryl methyl sites for hydroxylation is 1. The number of nitrogens with one attached hydrogen (secondary N) is 1. The van der Waals surface area contributed by atoms with Gasteiger partial charge in [0.1, 0.15) is 0 Å². The maximum atomic E-state index is 12.2. The van der Waals surface area contributed by atoms with E-state index in [-0.39, 0.29) is 18.2 Å². The highest BCUT2D eigenvalue weighted by Gasteiger charge is 2.22. The van der Waals surface area contributed by atoms with Crippen LogP contribution in [0.4, 0.5) is 0 Å². The smallest absolute Gasteiger partial charge is 0.303 e. The van der Waals surface area contributed by atoms with Gasteiger partial charge in [-0.2, -0.15) is 0 Å². The van der Waals surface area contributed by atoms with Crippen molar-refractivity contribution in [1.29, 1.82) is 0 Å². The highest BCUT2D eigenvalue weighted by atomic mass is 16.4. The predicted octanol–water partition coefficient (Wildman–Crippen LogP) is 3.50. The summed E-state index contributed by atoms with van der Waals surface area (Å²) in [6.45, 7) is 7.86. The number of aliphatic carboxylic acids is 1. The van der Waals surface area contributed by atoms with E-state index in [1.165, 1.54) is 5.56 Å². The van der Waals surface area contributed by atoms with Crippen molar-refractivity contribution >= 4 is 11.9 Å². The zero-order valence-corrected chi connectivity index (χ0v) is 14.0. The number of carboxylic acids is 1. The Labute approximate surface area is 132 Å². The Balaban J connectivity index is 2.54. The lowest BCUT2D eigenvalue weighted by Gasteiger charge is -2.26. The molecule has 0 aliphatic carbocycles. The van der Waals surface area contributed by atoms with Crippen LogP contribution in [0.25, 0.3) is 0 Å². The second-order valence-corrected chi connectivity index (χ2v) is 6.53.